The van der Waals surface area contributed by atoms with Gasteiger partial charge in [0.15, 0.2) is 0 Å². The summed E-state index contributed by atoms with van der Waals surface area (Å²) in [6.07, 6.45) is -4.45. The SMILES string of the molecule is CCNC(=O)c1ccc(C(F)(F)F)cc1Cl. The molecular weight excluding hydrogens is 243 g/mol. The van der Waals surface area contributed by atoms with E-state index in [0.717, 1.165) is 18.2 Å². The first kappa shape index (κ1) is 12.8. The third-order valence-electron chi connectivity index (χ3n) is 1.88. The monoisotopic (exact) mass is 251 g/mol. The Kier molecular flexibility index (Phi) is 3.80. The average Bonchev–Trinajstić information content (AvgIpc) is 2.16. The van der Waals surface area contributed by atoms with Crippen LogP contribution in [0.15, 0.2) is 18.2 Å². The molecule has 0 aromatic heterocycles. The average molecular weight is 252 g/mol. The number of carbonyl (C=O) groups is 1. The van der Waals surface area contributed by atoms with Crippen molar-refractivity contribution >= 4 is 17.5 Å². The molecule has 1 amide bonds. The normalized spacial score (nSPS) is 11.3. The zero-order chi connectivity index (χ0) is 12.3. The fourth-order valence-electron chi connectivity index (χ4n) is 1.13. The van der Waals surface area contributed by atoms with Crippen LogP contribution in [-0.4, -0.2) is 12.5 Å². The molecule has 1 rings (SSSR count). The van der Waals surface area contributed by atoms with Crippen LogP contribution in [0.5, 0.6) is 0 Å². The Morgan fingerprint density at radius 2 is 2.06 bits per heavy atom. The number of halogens is 4. The lowest BCUT2D eigenvalue weighted by atomic mass is 10.1. The van der Waals surface area contributed by atoms with E-state index in [1.807, 2.05) is 0 Å². The predicted molar refractivity (Wildman–Crippen MR) is 54.5 cm³/mol. The maximum atomic E-state index is 12.3. The van der Waals surface area contributed by atoms with Crippen LogP contribution in [0.4, 0.5) is 13.2 Å². The van der Waals surface area contributed by atoms with Crippen molar-refractivity contribution in [3.05, 3.63) is 34.3 Å². The Balaban J connectivity index is 3.05. The van der Waals surface area contributed by atoms with Crippen molar-refractivity contribution in [1.82, 2.24) is 5.32 Å². The highest BCUT2D eigenvalue weighted by molar-refractivity contribution is 6.33. The Labute approximate surface area is 95.4 Å². The van der Waals surface area contributed by atoms with Gasteiger partial charge in [-0.05, 0) is 25.1 Å². The van der Waals surface area contributed by atoms with E-state index in [2.05, 4.69) is 5.32 Å². The maximum absolute atomic E-state index is 12.3. The summed E-state index contributed by atoms with van der Waals surface area (Å²) in [5, 5.41) is 2.25. The second kappa shape index (κ2) is 4.74. The molecule has 6 heteroatoms. The highest BCUT2D eigenvalue weighted by atomic mass is 35.5. The van der Waals surface area contributed by atoms with E-state index in [1.165, 1.54) is 0 Å². The first-order valence-corrected chi connectivity index (χ1v) is 4.89. The van der Waals surface area contributed by atoms with Crippen LogP contribution in [0.3, 0.4) is 0 Å². The van der Waals surface area contributed by atoms with Crippen LogP contribution in [0, 0.1) is 0 Å². The van der Waals surface area contributed by atoms with Gasteiger partial charge in [-0.25, -0.2) is 0 Å². The van der Waals surface area contributed by atoms with Crippen molar-refractivity contribution in [3.63, 3.8) is 0 Å². The molecule has 0 aliphatic heterocycles. The molecular formula is C10H9ClF3NO. The second-order valence-electron chi connectivity index (χ2n) is 3.05. The maximum Gasteiger partial charge on any atom is 0.416 e. The third kappa shape index (κ3) is 2.88. The van der Waals surface area contributed by atoms with Crippen LogP contribution in [0.25, 0.3) is 0 Å². The van der Waals surface area contributed by atoms with Gasteiger partial charge in [0.2, 0.25) is 0 Å². The molecule has 0 fully saturated rings. The molecule has 0 heterocycles. The highest BCUT2D eigenvalue weighted by Gasteiger charge is 2.31. The van der Waals surface area contributed by atoms with Gasteiger partial charge < -0.3 is 5.32 Å². The van der Waals surface area contributed by atoms with Gasteiger partial charge in [-0.2, -0.15) is 13.2 Å². The van der Waals surface area contributed by atoms with Crippen molar-refractivity contribution < 1.29 is 18.0 Å². The summed E-state index contributed by atoms with van der Waals surface area (Å²) < 4.78 is 36.9. The Morgan fingerprint density at radius 3 is 2.50 bits per heavy atom. The summed E-state index contributed by atoms with van der Waals surface area (Å²) in [6.45, 7) is 2.09. The number of hydrogen-bond acceptors (Lipinski definition) is 1. The molecule has 0 saturated heterocycles. The number of carbonyl (C=O) groups excluding carboxylic acids is 1. The quantitative estimate of drug-likeness (QED) is 0.860. The van der Waals surface area contributed by atoms with Gasteiger partial charge >= 0.3 is 6.18 Å². The van der Waals surface area contributed by atoms with Crippen molar-refractivity contribution in [2.45, 2.75) is 13.1 Å². The molecule has 1 aromatic rings. The fourth-order valence-corrected chi connectivity index (χ4v) is 1.40. The zero-order valence-corrected chi connectivity index (χ0v) is 9.12. The molecule has 0 spiro atoms. The summed E-state index contributed by atoms with van der Waals surface area (Å²) in [7, 11) is 0. The van der Waals surface area contributed by atoms with Gasteiger partial charge in [-0.3, -0.25) is 4.79 Å². The minimum absolute atomic E-state index is 0.0384. The molecule has 0 unspecified atom stereocenters. The number of alkyl halides is 3. The summed E-state index contributed by atoms with van der Waals surface area (Å²) in [4.78, 5) is 11.3. The van der Waals surface area contributed by atoms with Gasteiger partial charge in [-0.15, -0.1) is 0 Å². The Bertz CT molecular complexity index is 404. The number of hydrogen-bond donors (Lipinski definition) is 1. The van der Waals surface area contributed by atoms with Crippen LogP contribution in [-0.2, 0) is 6.18 Å². The summed E-state index contributed by atoms with van der Waals surface area (Å²) in [6, 6.07) is 2.64. The predicted octanol–water partition coefficient (Wildman–Crippen LogP) is 3.11. The summed E-state index contributed by atoms with van der Waals surface area (Å²) in [5.74, 6) is -0.485. The van der Waals surface area contributed by atoms with E-state index in [4.69, 9.17) is 11.6 Å². The molecule has 0 aliphatic rings. The summed E-state index contributed by atoms with van der Waals surface area (Å²) in [5.41, 5.74) is -0.831. The van der Waals surface area contributed by atoms with E-state index in [0.29, 0.717) is 6.54 Å². The van der Waals surface area contributed by atoms with Gasteiger partial charge in [0.05, 0.1) is 16.1 Å². The van der Waals surface area contributed by atoms with Crippen molar-refractivity contribution in [2.75, 3.05) is 6.54 Å². The molecule has 0 bridgehead atoms. The third-order valence-corrected chi connectivity index (χ3v) is 2.19. The highest BCUT2D eigenvalue weighted by Crippen LogP contribution is 2.31. The number of benzene rings is 1. The van der Waals surface area contributed by atoms with E-state index in [1.54, 1.807) is 6.92 Å². The number of amides is 1. The lowest BCUT2D eigenvalue weighted by Crippen LogP contribution is -2.23. The van der Waals surface area contributed by atoms with E-state index in [-0.39, 0.29) is 10.6 Å². The van der Waals surface area contributed by atoms with Crippen LogP contribution in [0.1, 0.15) is 22.8 Å². The first-order valence-electron chi connectivity index (χ1n) is 4.51. The summed E-state index contributed by atoms with van der Waals surface area (Å²) >= 11 is 5.61. The van der Waals surface area contributed by atoms with Gasteiger partial charge in [0, 0.05) is 6.54 Å². The standard InChI is InChI=1S/C10H9ClF3NO/c1-2-15-9(16)7-4-3-6(5-8(7)11)10(12,13)14/h3-5H,2H2,1H3,(H,15,16). The van der Waals surface area contributed by atoms with Crippen molar-refractivity contribution in [3.8, 4) is 0 Å². The van der Waals surface area contributed by atoms with Crippen LogP contribution >= 0.6 is 11.6 Å². The molecule has 0 atom stereocenters. The lowest BCUT2D eigenvalue weighted by molar-refractivity contribution is -0.137. The molecule has 16 heavy (non-hydrogen) atoms. The van der Waals surface area contributed by atoms with Crippen molar-refractivity contribution in [1.29, 1.82) is 0 Å². The second-order valence-corrected chi connectivity index (χ2v) is 3.46. The first-order chi connectivity index (χ1) is 7.36. The smallest absolute Gasteiger partial charge is 0.352 e. The van der Waals surface area contributed by atoms with E-state index in [9.17, 15) is 18.0 Å². The number of nitrogens with one attached hydrogen (secondary N) is 1. The van der Waals surface area contributed by atoms with Gasteiger partial charge in [-0.1, -0.05) is 11.6 Å². The molecule has 0 radical (unpaired) electrons. The van der Waals surface area contributed by atoms with Gasteiger partial charge in [0.1, 0.15) is 0 Å². The van der Waals surface area contributed by atoms with Crippen molar-refractivity contribution in [2.24, 2.45) is 0 Å². The van der Waals surface area contributed by atoms with E-state index < -0.39 is 17.6 Å². The Morgan fingerprint density at radius 1 is 1.44 bits per heavy atom. The Hall–Kier alpha value is -1.23. The lowest BCUT2D eigenvalue weighted by Gasteiger charge is -2.09. The minimum Gasteiger partial charge on any atom is -0.352 e. The molecule has 0 saturated carbocycles. The minimum atomic E-state index is -4.45. The molecule has 0 aliphatic carbocycles. The fraction of sp³-hybridized carbons (Fsp3) is 0.300. The van der Waals surface area contributed by atoms with Gasteiger partial charge in [0.25, 0.3) is 5.91 Å². The molecule has 88 valence electrons. The number of rotatable bonds is 2. The topological polar surface area (TPSA) is 29.1 Å². The molecule has 1 N–H and O–H groups in total. The largest absolute Gasteiger partial charge is 0.416 e. The van der Waals surface area contributed by atoms with Crippen LogP contribution in [0.2, 0.25) is 5.02 Å². The molecule has 2 nitrogen and oxygen atoms in total. The zero-order valence-electron chi connectivity index (χ0n) is 8.36. The van der Waals surface area contributed by atoms with E-state index >= 15 is 0 Å². The molecule has 1 aromatic carbocycles. The van der Waals surface area contributed by atoms with Crippen LogP contribution < -0.4 is 5.32 Å².